The average Bonchev–Trinajstić information content (AvgIpc) is 2.70. The SMILES string of the molecule is CC(=O)c1ccccc1OCCN1C(=O)CSC1=O. The summed E-state index contributed by atoms with van der Waals surface area (Å²) in [4.78, 5) is 35.3. The second-order valence-corrected chi connectivity index (χ2v) is 4.93. The quantitative estimate of drug-likeness (QED) is 0.771. The van der Waals surface area contributed by atoms with Gasteiger partial charge in [0.05, 0.1) is 17.9 Å². The van der Waals surface area contributed by atoms with E-state index in [0.29, 0.717) is 11.3 Å². The summed E-state index contributed by atoms with van der Waals surface area (Å²) in [5.74, 6) is 0.391. The third-order valence-corrected chi connectivity index (χ3v) is 3.54. The summed E-state index contributed by atoms with van der Waals surface area (Å²) in [6.07, 6.45) is 0. The summed E-state index contributed by atoms with van der Waals surface area (Å²) in [7, 11) is 0. The van der Waals surface area contributed by atoms with Crippen LogP contribution in [-0.4, -0.2) is 40.7 Å². The number of ketones is 1. The van der Waals surface area contributed by atoms with Gasteiger partial charge in [-0.1, -0.05) is 23.9 Å². The molecule has 0 spiro atoms. The lowest BCUT2D eigenvalue weighted by Crippen LogP contribution is -2.32. The molecule has 1 fully saturated rings. The molecule has 0 radical (unpaired) electrons. The van der Waals surface area contributed by atoms with Crippen LogP contribution in [0.2, 0.25) is 0 Å². The van der Waals surface area contributed by atoms with Gasteiger partial charge in [-0.15, -0.1) is 0 Å². The highest BCUT2D eigenvalue weighted by atomic mass is 32.2. The molecule has 2 amide bonds. The Morgan fingerprint density at radius 2 is 2.11 bits per heavy atom. The van der Waals surface area contributed by atoms with E-state index in [1.165, 1.54) is 11.8 Å². The molecule has 0 N–H and O–H groups in total. The van der Waals surface area contributed by atoms with E-state index in [-0.39, 0.29) is 35.8 Å². The molecule has 0 saturated carbocycles. The number of rotatable bonds is 5. The third-order valence-electron chi connectivity index (χ3n) is 2.68. The number of benzene rings is 1. The summed E-state index contributed by atoms with van der Waals surface area (Å²) in [6, 6.07) is 6.90. The molecule has 2 rings (SSSR count). The number of thioether (sulfide) groups is 1. The summed E-state index contributed by atoms with van der Waals surface area (Å²) in [6.45, 7) is 1.85. The van der Waals surface area contributed by atoms with Crippen molar-refractivity contribution in [3.63, 3.8) is 0 Å². The molecule has 0 bridgehead atoms. The molecule has 0 atom stereocenters. The third kappa shape index (κ3) is 3.14. The number of imide groups is 1. The van der Waals surface area contributed by atoms with Gasteiger partial charge in [0, 0.05) is 0 Å². The van der Waals surface area contributed by atoms with Gasteiger partial charge >= 0.3 is 0 Å². The van der Waals surface area contributed by atoms with Gasteiger partial charge in [-0.25, -0.2) is 0 Å². The Morgan fingerprint density at radius 1 is 1.37 bits per heavy atom. The lowest BCUT2D eigenvalue weighted by Gasteiger charge is -2.14. The van der Waals surface area contributed by atoms with Gasteiger partial charge in [-0.2, -0.15) is 0 Å². The first kappa shape index (κ1) is 13.6. The Balaban J connectivity index is 1.94. The van der Waals surface area contributed by atoms with Crippen molar-refractivity contribution < 1.29 is 19.1 Å². The molecule has 1 aromatic carbocycles. The second kappa shape index (κ2) is 5.88. The molecule has 0 aliphatic carbocycles. The molecule has 100 valence electrons. The van der Waals surface area contributed by atoms with Gasteiger partial charge < -0.3 is 4.74 Å². The van der Waals surface area contributed by atoms with E-state index in [9.17, 15) is 14.4 Å². The van der Waals surface area contributed by atoms with Crippen LogP contribution in [0.5, 0.6) is 5.75 Å². The molecule has 0 unspecified atom stereocenters. The smallest absolute Gasteiger partial charge is 0.288 e. The van der Waals surface area contributed by atoms with Crippen molar-refractivity contribution >= 4 is 28.7 Å². The Labute approximate surface area is 114 Å². The van der Waals surface area contributed by atoms with Crippen LogP contribution in [0, 0.1) is 0 Å². The van der Waals surface area contributed by atoms with Gasteiger partial charge in [0.25, 0.3) is 5.24 Å². The average molecular weight is 279 g/mol. The molecule has 19 heavy (non-hydrogen) atoms. The highest BCUT2D eigenvalue weighted by Crippen LogP contribution is 2.20. The zero-order valence-corrected chi connectivity index (χ0v) is 11.2. The molecular weight excluding hydrogens is 266 g/mol. The minimum Gasteiger partial charge on any atom is -0.491 e. The number of para-hydroxylation sites is 1. The minimum absolute atomic E-state index is 0.0838. The van der Waals surface area contributed by atoms with Crippen LogP contribution in [0.1, 0.15) is 17.3 Å². The number of carbonyl (C=O) groups excluding carboxylic acids is 3. The van der Waals surface area contributed by atoms with Crippen LogP contribution in [0.4, 0.5) is 4.79 Å². The second-order valence-electron chi connectivity index (χ2n) is 4.00. The van der Waals surface area contributed by atoms with Gasteiger partial charge in [0.2, 0.25) is 5.91 Å². The van der Waals surface area contributed by atoms with E-state index in [0.717, 1.165) is 11.8 Å². The number of hydrogen-bond acceptors (Lipinski definition) is 5. The van der Waals surface area contributed by atoms with Crippen molar-refractivity contribution in [1.29, 1.82) is 0 Å². The van der Waals surface area contributed by atoms with E-state index < -0.39 is 0 Å². The summed E-state index contributed by atoms with van der Waals surface area (Å²) in [5.41, 5.74) is 0.496. The van der Waals surface area contributed by atoms with Crippen molar-refractivity contribution in [2.45, 2.75) is 6.92 Å². The molecule has 1 aromatic rings. The zero-order chi connectivity index (χ0) is 13.8. The number of hydrogen-bond donors (Lipinski definition) is 0. The van der Waals surface area contributed by atoms with Crippen LogP contribution < -0.4 is 4.74 Å². The molecule has 5 nitrogen and oxygen atoms in total. The standard InChI is InChI=1S/C13H13NO4S/c1-9(15)10-4-2-3-5-11(10)18-7-6-14-12(16)8-19-13(14)17/h2-5H,6-8H2,1H3. The molecule has 6 heteroatoms. The summed E-state index contributed by atoms with van der Waals surface area (Å²) >= 11 is 0.996. The first-order valence-electron chi connectivity index (χ1n) is 5.79. The van der Waals surface area contributed by atoms with E-state index >= 15 is 0 Å². The van der Waals surface area contributed by atoms with Crippen LogP contribution in [0.3, 0.4) is 0 Å². The van der Waals surface area contributed by atoms with Crippen molar-refractivity contribution in [3.05, 3.63) is 29.8 Å². The first-order valence-corrected chi connectivity index (χ1v) is 6.78. The van der Waals surface area contributed by atoms with Crippen LogP contribution in [0.25, 0.3) is 0 Å². The zero-order valence-electron chi connectivity index (χ0n) is 10.4. The fourth-order valence-corrected chi connectivity index (χ4v) is 2.48. The number of amides is 2. The number of ether oxygens (including phenoxy) is 1. The normalized spacial score (nSPS) is 14.9. The maximum absolute atomic E-state index is 11.4. The lowest BCUT2D eigenvalue weighted by molar-refractivity contribution is -0.124. The monoisotopic (exact) mass is 279 g/mol. The van der Waals surface area contributed by atoms with Crippen molar-refractivity contribution in [1.82, 2.24) is 4.90 Å². The summed E-state index contributed by atoms with van der Waals surface area (Å²) < 4.78 is 5.48. The molecule has 1 aliphatic rings. The van der Waals surface area contributed by atoms with Crippen molar-refractivity contribution in [2.75, 3.05) is 18.9 Å². The predicted octanol–water partition coefficient (Wildman–Crippen LogP) is 1.96. The minimum atomic E-state index is -0.242. The molecule has 1 heterocycles. The first-order chi connectivity index (χ1) is 9.09. The molecule has 1 aliphatic heterocycles. The highest BCUT2D eigenvalue weighted by molar-refractivity contribution is 8.14. The fourth-order valence-electron chi connectivity index (χ4n) is 1.73. The maximum atomic E-state index is 11.4. The fraction of sp³-hybridized carbons (Fsp3) is 0.308. The largest absolute Gasteiger partial charge is 0.491 e. The van der Waals surface area contributed by atoms with Gasteiger partial charge in [0.1, 0.15) is 12.4 Å². The number of Topliss-reactive ketones (excluding diaryl/α,β-unsaturated/α-hetero) is 1. The van der Waals surface area contributed by atoms with Crippen LogP contribution in [-0.2, 0) is 4.79 Å². The van der Waals surface area contributed by atoms with E-state index in [1.54, 1.807) is 24.3 Å². The van der Waals surface area contributed by atoms with E-state index in [4.69, 9.17) is 4.74 Å². The molecule has 0 aromatic heterocycles. The van der Waals surface area contributed by atoms with Gasteiger partial charge in [-0.05, 0) is 19.1 Å². The lowest BCUT2D eigenvalue weighted by atomic mass is 10.1. The number of nitrogens with zero attached hydrogens (tertiary/aromatic N) is 1. The Hall–Kier alpha value is -1.82. The number of carbonyl (C=O) groups is 3. The Morgan fingerprint density at radius 3 is 2.74 bits per heavy atom. The van der Waals surface area contributed by atoms with E-state index in [2.05, 4.69) is 0 Å². The Bertz CT molecular complexity index is 513. The van der Waals surface area contributed by atoms with Crippen molar-refractivity contribution in [3.8, 4) is 5.75 Å². The summed E-state index contributed by atoms with van der Waals surface area (Å²) in [5, 5.41) is -0.242. The highest BCUT2D eigenvalue weighted by Gasteiger charge is 2.29. The molecule has 1 saturated heterocycles. The van der Waals surface area contributed by atoms with Gasteiger partial charge in [-0.3, -0.25) is 19.3 Å². The molecular formula is C13H13NO4S. The van der Waals surface area contributed by atoms with Gasteiger partial charge in [0.15, 0.2) is 5.78 Å². The van der Waals surface area contributed by atoms with Crippen molar-refractivity contribution in [2.24, 2.45) is 0 Å². The van der Waals surface area contributed by atoms with Crippen LogP contribution >= 0.6 is 11.8 Å². The van der Waals surface area contributed by atoms with Crippen LogP contribution in [0.15, 0.2) is 24.3 Å². The predicted molar refractivity (Wildman–Crippen MR) is 71.5 cm³/mol. The van der Waals surface area contributed by atoms with E-state index in [1.807, 2.05) is 0 Å². The Kier molecular flexibility index (Phi) is 4.21. The maximum Gasteiger partial charge on any atom is 0.288 e. The topological polar surface area (TPSA) is 63.7 Å².